The molecule has 2 N–H and O–H groups in total. The normalized spacial score (nSPS) is 13.9. The topological polar surface area (TPSA) is 61.4 Å². The van der Waals surface area contributed by atoms with Gasteiger partial charge in [-0.05, 0) is 49.4 Å². The van der Waals surface area contributed by atoms with Gasteiger partial charge in [-0.25, -0.2) is 4.79 Å². The highest BCUT2D eigenvalue weighted by Gasteiger charge is 2.19. The van der Waals surface area contributed by atoms with Gasteiger partial charge in [-0.2, -0.15) is 0 Å². The lowest BCUT2D eigenvalue weighted by Crippen LogP contribution is -2.29. The van der Waals surface area contributed by atoms with Crippen molar-refractivity contribution in [1.82, 2.24) is 10.2 Å². The van der Waals surface area contributed by atoms with Crippen LogP contribution in [0.4, 0.5) is 10.5 Å². The summed E-state index contributed by atoms with van der Waals surface area (Å²) in [6, 6.07) is 6.95. The molecular formula is C21H33N3O2. The highest BCUT2D eigenvalue weighted by molar-refractivity contribution is 5.95. The average molecular weight is 360 g/mol. The largest absolute Gasteiger partial charge is 0.339 e. The Bertz CT molecular complexity index is 563. The van der Waals surface area contributed by atoms with Crippen molar-refractivity contribution in [2.75, 3.05) is 25.0 Å². The molecule has 1 heterocycles. The van der Waals surface area contributed by atoms with Gasteiger partial charge in [0.25, 0.3) is 5.91 Å². The van der Waals surface area contributed by atoms with Gasteiger partial charge < -0.3 is 15.5 Å². The van der Waals surface area contributed by atoms with E-state index in [4.69, 9.17) is 0 Å². The van der Waals surface area contributed by atoms with Crippen molar-refractivity contribution in [2.45, 2.75) is 58.8 Å². The molecule has 2 rings (SSSR count). The first-order chi connectivity index (χ1) is 12.6. The van der Waals surface area contributed by atoms with Gasteiger partial charge in [0.15, 0.2) is 0 Å². The Kier molecular flexibility index (Phi) is 8.45. The number of carbonyl (C=O) groups excluding carboxylic acids is 2. The number of benzene rings is 1. The smallest absolute Gasteiger partial charge is 0.319 e. The first-order valence-electron chi connectivity index (χ1n) is 10.0. The summed E-state index contributed by atoms with van der Waals surface area (Å²) < 4.78 is 0. The fourth-order valence-electron chi connectivity index (χ4n) is 3.21. The minimum atomic E-state index is -0.189. The van der Waals surface area contributed by atoms with E-state index in [0.29, 0.717) is 17.8 Å². The molecule has 0 saturated carbocycles. The highest BCUT2D eigenvalue weighted by Crippen LogP contribution is 2.15. The predicted molar refractivity (Wildman–Crippen MR) is 107 cm³/mol. The molecule has 0 unspecified atom stereocenters. The SMILES string of the molecule is CC(C)CCCCCCNC(=O)Nc1ccc(C(=O)N2CCCC2)cc1. The van der Waals surface area contributed by atoms with Gasteiger partial charge in [0, 0.05) is 30.9 Å². The van der Waals surface area contributed by atoms with Crippen molar-refractivity contribution >= 4 is 17.6 Å². The van der Waals surface area contributed by atoms with Crippen LogP contribution in [0.3, 0.4) is 0 Å². The van der Waals surface area contributed by atoms with Crippen molar-refractivity contribution in [3.05, 3.63) is 29.8 Å². The Labute approximate surface area is 157 Å². The van der Waals surface area contributed by atoms with Gasteiger partial charge in [0.1, 0.15) is 0 Å². The van der Waals surface area contributed by atoms with Crippen LogP contribution in [0.25, 0.3) is 0 Å². The number of nitrogens with zero attached hydrogens (tertiary/aromatic N) is 1. The van der Waals surface area contributed by atoms with Crippen LogP contribution in [-0.2, 0) is 0 Å². The zero-order chi connectivity index (χ0) is 18.8. The molecule has 0 aromatic heterocycles. The van der Waals surface area contributed by atoms with E-state index in [1.54, 1.807) is 24.3 Å². The van der Waals surface area contributed by atoms with Gasteiger partial charge in [0.2, 0.25) is 0 Å². The summed E-state index contributed by atoms with van der Waals surface area (Å²) in [6.07, 6.45) is 8.12. The molecule has 0 bridgehead atoms. The van der Waals surface area contributed by atoms with E-state index in [-0.39, 0.29) is 11.9 Å². The summed E-state index contributed by atoms with van der Waals surface area (Å²) in [4.78, 5) is 26.1. The summed E-state index contributed by atoms with van der Waals surface area (Å²) >= 11 is 0. The molecule has 1 aliphatic heterocycles. The molecule has 0 atom stereocenters. The van der Waals surface area contributed by atoms with Crippen molar-refractivity contribution in [3.63, 3.8) is 0 Å². The molecule has 5 nitrogen and oxygen atoms in total. The highest BCUT2D eigenvalue weighted by atomic mass is 16.2. The second kappa shape index (κ2) is 10.8. The molecule has 1 aliphatic rings. The molecule has 1 saturated heterocycles. The van der Waals surface area contributed by atoms with Crippen LogP contribution in [0, 0.1) is 5.92 Å². The molecule has 3 amide bonds. The van der Waals surface area contributed by atoms with E-state index in [2.05, 4.69) is 24.5 Å². The number of rotatable bonds is 9. The number of nitrogens with one attached hydrogen (secondary N) is 2. The van der Waals surface area contributed by atoms with E-state index in [1.165, 1.54) is 19.3 Å². The summed E-state index contributed by atoms with van der Waals surface area (Å²) in [5, 5.41) is 5.71. The van der Waals surface area contributed by atoms with E-state index in [0.717, 1.165) is 44.7 Å². The maximum absolute atomic E-state index is 12.3. The van der Waals surface area contributed by atoms with Crippen LogP contribution in [0.15, 0.2) is 24.3 Å². The van der Waals surface area contributed by atoms with Crippen LogP contribution < -0.4 is 10.6 Å². The van der Waals surface area contributed by atoms with Crippen LogP contribution >= 0.6 is 0 Å². The van der Waals surface area contributed by atoms with Crippen molar-refractivity contribution in [2.24, 2.45) is 5.92 Å². The lowest BCUT2D eigenvalue weighted by Gasteiger charge is -2.15. The van der Waals surface area contributed by atoms with Crippen LogP contribution in [0.2, 0.25) is 0 Å². The van der Waals surface area contributed by atoms with Gasteiger partial charge in [0.05, 0.1) is 0 Å². The Morgan fingerprint density at radius 2 is 1.65 bits per heavy atom. The molecular weight excluding hydrogens is 326 g/mol. The summed E-state index contributed by atoms with van der Waals surface area (Å²) in [6.45, 7) is 6.89. The van der Waals surface area contributed by atoms with Crippen molar-refractivity contribution in [1.29, 1.82) is 0 Å². The van der Waals surface area contributed by atoms with Crippen LogP contribution in [0.1, 0.15) is 69.2 Å². The maximum Gasteiger partial charge on any atom is 0.319 e. The van der Waals surface area contributed by atoms with Gasteiger partial charge in [-0.1, -0.05) is 39.5 Å². The molecule has 1 aromatic rings. The van der Waals surface area contributed by atoms with Gasteiger partial charge in [-0.15, -0.1) is 0 Å². The van der Waals surface area contributed by atoms with E-state index in [9.17, 15) is 9.59 Å². The molecule has 1 fully saturated rings. The van der Waals surface area contributed by atoms with Crippen molar-refractivity contribution in [3.8, 4) is 0 Å². The first-order valence-corrected chi connectivity index (χ1v) is 10.0. The number of unbranched alkanes of at least 4 members (excludes halogenated alkanes) is 3. The molecule has 26 heavy (non-hydrogen) atoms. The third-order valence-corrected chi connectivity index (χ3v) is 4.78. The Morgan fingerprint density at radius 1 is 1.00 bits per heavy atom. The predicted octanol–water partition coefficient (Wildman–Crippen LogP) is 4.65. The average Bonchev–Trinajstić information content (AvgIpc) is 3.15. The number of carbonyl (C=O) groups is 2. The zero-order valence-electron chi connectivity index (χ0n) is 16.2. The quantitative estimate of drug-likeness (QED) is 0.630. The number of likely N-dealkylation sites (tertiary alicyclic amines) is 1. The molecule has 144 valence electrons. The Balaban J connectivity index is 1.63. The minimum absolute atomic E-state index is 0.0796. The fraction of sp³-hybridized carbons (Fsp3) is 0.619. The number of urea groups is 1. The summed E-state index contributed by atoms with van der Waals surface area (Å²) in [5.74, 6) is 0.854. The first kappa shape index (κ1) is 20.3. The fourth-order valence-corrected chi connectivity index (χ4v) is 3.21. The molecule has 1 aromatic carbocycles. The third kappa shape index (κ3) is 7.06. The number of anilines is 1. The van der Waals surface area contributed by atoms with Crippen LogP contribution in [-0.4, -0.2) is 36.5 Å². The number of hydrogen-bond donors (Lipinski definition) is 2. The Morgan fingerprint density at radius 3 is 2.31 bits per heavy atom. The lowest BCUT2D eigenvalue weighted by atomic mass is 10.0. The molecule has 0 spiro atoms. The maximum atomic E-state index is 12.3. The van der Waals surface area contributed by atoms with E-state index < -0.39 is 0 Å². The van der Waals surface area contributed by atoms with E-state index in [1.807, 2.05) is 4.90 Å². The molecule has 0 radical (unpaired) electrons. The molecule has 5 heteroatoms. The van der Waals surface area contributed by atoms with Crippen molar-refractivity contribution < 1.29 is 9.59 Å². The number of amides is 3. The Hall–Kier alpha value is -2.04. The third-order valence-electron chi connectivity index (χ3n) is 4.78. The summed E-state index contributed by atoms with van der Waals surface area (Å²) in [7, 11) is 0. The van der Waals surface area contributed by atoms with Crippen LogP contribution in [0.5, 0.6) is 0 Å². The second-order valence-electron chi connectivity index (χ2n) is 7.55. The van der Waals surface area contributed by atoms with Gasteiger partial charge in [-0.3, -0.25) is 4.79 Å². The zero-order valence-corrected chi connectivity index (χ0v) is 16.2. The summed E-state index contributed by atoms with van der Waals surface area (Å²) in [5.41, 5.74) is 1.39. The lowest BCUT2D eigenvalue weighted by molar-refractivity contribution is 0.0793. The standard InChI is InChI=1S/C21H33N3O2/c1-17(2)9-5-3-4-6-14-22-21(26)23-19-12-10-18(11-13-19)20(25)24-15-7-8-16-24/h10-13,17H,3-9,14-16H2,1-2H3,(H2,22,23,26). The van der Waals surface area contributed by atoms with E-state index >= 15 is 0 Å². The molecule has 0 aliphatic carbocycles. The minimum Gasteiger partial charge on any atom is -0.339 e. The monoisotopic (exact) mass is 359 g/mol. The van der Waals surface area contributed by atoms with Gasteiger partial charge >= 0.3 is 6.03 Å². The second-order valence-corrected chi connectivity index (χ2v) is 7.55. The number of hydrogen-bond acceptors (Lipinski definition) is 2.